The number of rotatable bonds is 6. The Hall–Kier alpha value is -1.02. The van der Waals surface area contributed by atoms with Crippen LogP contribution in [0.4, 0.5) is 5.69 Å². The predicted molar refractivity (Wildman–Crippen MR) is 79.4 cm³/mol. The van der Waals surface area contributed by atoms with Gasteiger partial charge in [-0.3, -0.25) is 0 Å². The molecule has 2 rings (SSSR count). The molecule has 1 aromatic carbocycles. The zero-order valence-electron chi connectivity index (χ0n) is 12.2. The van der Waals surface area contributed by atoms with Gasteiger partial charge in [-0.25, -0.2) is 0 Å². The van der Waals surface area contributed by atoms with Crippen LogP contribution < -0.4 is 10.2 Å². The van der Waals surface area contributed by atoms with Crippen molar-refractivity contribution in [3.63, 3.8) is 0 Å². The van der Waals surface area contributed by atoms with Crippen molar-refractivity contribution < 1.29 is 0 Å². The van der Waals surface area contributed by atoms with Gasteiger partial charge in [0.15, 0.2) is 0 Å². The first-order valence-electron chi connectivity index (χ1n) is 7.08. The van der Waals surface area contributed by atoms with Crippen LogP contribution in [0.15, 0.2) is 18.2 Å². The van der Waals surface area contributed by atoms with E-state index in [0.717, 1.165) is 19.1 Å². The fraction of sp³-hybridized carbons (Fsp3) is 0.625. The second kappa shape index (κ2) is 5.75. The van der Waals surface area contributed by atoms with Crippen molar-refractivity contribution in [1.29, 1.82) is 0 Å². The van der Waals surface area contributed by atoms with Gasteiger partial charge in [0, 0.05) is 25.3 Å². The highest BCUT2D eigenvalue weighted by atomic mass is 15.1. The highest BCUT2D eigenvalue weighted by Crippen LogP contribution is 2.21. The third kappa shape index (κ3) is 3.74. The van der Waals surface area contributed by atoms with Crippen LogP contribution >= 0.6 is 0 Å². The summed E-state index contributed by atoms with van der Waals surface area (Å²) in [4.78, 5) is 2.38. The quantitative estimate of drug-likeness (QED) is 0.829. The van der Waals surface area contributed by atoms with Crippen molar-refractivity contribution in [3.8, 4) is 0 Å². The Morgan fingerprint density at radius 1 is 1.33 bits per heavy atom. The van der Waals surface area contributed by atoms with Crippen LogP contribution in [0.5, 0.6) is 0 Å². The zero-order valence-corrected chi connectivity index (χ0v) is 12.2. The summed E-state index contributed by atoms with van der Waals surface area (Å²) in [5.74, 6) is 0.691. The first kappa shape index (κ1) is 13.4. The van der Waals surface area contributed by atoms with E-state index in [4.69, 9.17) is 0 Å². The lowest BCUT2D eigenvalue weighted by Crippen LogP contribution is -2.32. The lowest BCUT2D eigenvalue weighted by atomic mass is 10.1. The highest BCUT2D eigenvalue weighted by Gasteiger charge is 2.21. The van der Waals surface area contributed by atoms with Crippen LogP contribution in [0.1, 0.15) is 30.9 Å². The summed E-state index contributed by atoms with van der Waals surface area (Å²) in [7, 11) is 2.20. The van der Waals surface area contributed by atoms with Crippen LogP contribution in [0.25, 0.3) is 0 Å². The van der Waals surface area contributed by atoms with E-state index in [9.17, 15) is 0 Å². The largest absolute Gasteiger partial charge is 0.374 e. The van der Waals surface area contributed by atoms with E-state index in [2.05, 4.69) is 56.2 Å². The van der Waals surface area contributed by atoms with Gasteiger partial charge in [0.2, 0.25) is 0 Å². The Kier molecular flexibility index (Phi) is 4.28. The van der Waals surface area contributed by atoms with Crippen molar-refractivity contribution in [2.24, 2.45) is 5.92 Å². The van der Waals surface area contributed by atoms with Crippen LogP contribution in [-0.2, 0) is 0 Å². The summed E-state index contributed by atoms with van der Waals surface area (Å²) in [5, 5.41) is 3.61. The minimum atomic E-state index is 0.691. The Labute approximate surface area is 111 Å². The summed E-state index contributed by atoms with van der Waals surface area (Å²) in [5.41, 5.74) is 4.08. The van der Waals surface area contributed by atoms with E-state index < -0.39 is 0 Å². The van der Waals surface area contributed by atoms with Crippen LogP contribution in [0.3, 0.4) is 0 Å². The first-order chi connectivity index (χ1) is 8.56. The average Bonchev–Trinajstić information content (AvgIpc) is 3.09. The van der Waals surface area contributed by atoms with E-state index in [1.807, 2.05) is 0 Å². The summed E-state index contributed by atoms with van der Waals surface area (Å²) in [6, 6.07) is 7.52. The molecule has 1 aliphatic carbocycles. The fourth-order valence-electron chi connectivity index (χ4n) is 2.52. The third-order valence-corrected chi connectivity index (χ3v) is 3.68. The molecule has 2 heteroatoms. The van der Waals surface area contributed by atoms with E-state index in [-0.39, 0.29) is 0 Å². The molecule has 1 aromatic rings. The summed E-state index contributed by atoms with van der Waals surface area (Å²) in [6.07, 6.45) is 2.75. The van der Waals surface area contributed by atoms with Crippen molar-refractivity contribution in [1.82, 2.24) is 5.32 Å². The lowest BCUT2D eigenvalue weighted by molar-refractivity contribution is 0.511. The lowest BCUT2D eigenvalue weighted by Gasteiger charge is -2.25. The molecule has 1 fully saturated rings. The Bertz CT molecular complexity index is 396. The molecule has 0 aliphatic heterocycles. The minimum Gasteiger partial charge on any atom is -0.374 e. The fourth-order valence-corrected chi connectivity index (χ4v) is 2.52. The van der Waals surface area contributed by atoms with Crippen LogP contribution in [0.2, 0.25) is 0 Å². The molecule has 0 radical (unpaired) electrons. The highest BCUT2D eigenvalue weighted by molar-refractivity contribution is 5.53. The maximum Gasteiger partial charge on any atom is 0.0393 e. The van der Waals surface area contributed by atoms with Gasteiger partial charge in [-0.15, -0.1) is 0 Å². The number of benzene rings is 1. The van der Waals surface area contributed by atoms with Gasteiger partial charge >= 0.3 is 0 Å². The molecule has 0 spiro atoms. The summed E-state index contributed by atoms with van der Waals surface area (Å²) in [6.45, 7) is 8.93. The topological polar surface area (TPSA) is 15.3 Å². The third-order valence-electron chi connectivity index (χ3n) is 3.68. The van der Waals surface area contributed by atoms with Gasteiger partial charge in [0.25, 0.3) is 0 Å². The normalized spacial score (nSPS) is 16.7. The molecule has 1 unspecified atom stereocenters. The molecule has 2 nitrogen and oxygen atoms in total. The summed E-state index contributed by atoms with van der Waals surface area (Å²) < 4.78 is 0. The number of aryl methyl sites for hydroxylation is 2. The average molecular weight is 246 g/mol. The Morgan fingerprint density at radius 3 is 2.67 bits per heavy atom. The van der Waals surface area contributed by atoms with Gasteiger partial charge in [-0.1, -0.05) is 24.6 Å². The van der Waals surface area contributed by atoms with Gasteiger partial charge in [0.05, 0.1) is 0 Å². The molecule has 1 N–H and O–H groups in total. The van der Waals surface area contributed by atoms with Crippen molar-refractivity contribution in [2.75, 3.05) is 25.0 Å². The Balaban J connectivity index is 1.87. The van der Waals surface area contributed by atoms with Gasteiger partial charge < -0.3 is 10.2 Å². The number of anilines is 1. The van der Waals surface area contributed by atoms with Crippen molar-refractivity contribution in [2.45, 2.75) is 39.7 Å². The molecular formula is C16H26N2. The molecule has 0 bridgehead atoms. The molecule has 1 saturated carbocycles. The van der Waals surface area contributed by atoms with Crippen LogP contribution in [0, 0.1) is 19.8 Å². The number of hydrogen-bond acceptors (Lipinski definition) is 2. The smallest absolute Gasteiger partial charge is 0.0393 e. The molecule has 18 heavy (non-hydrogen) atoms. The number of nitrogens with zero attached hydrogens (tertiary/aromatic N) is 1. The maximum absolute atomic E-state index is 3.61. The van der Waals surface area contributed by atoms with E-state index >= 15 is 0 Å². The molecule has 0 saturated heterocycles. The van der Waals surface area contributed by atoms with Crippen molar-refractivity contribution >= 4 is 5.69 Å². The zero-order chi connectivity index (χ0) is 13.1. The second-order valence-electron chi connectivity index (χ2n) is 5.96. The van der Waals surface area contributed by atoms with E-state index in [1.54, 1.807) is 0 Å². The molecule has 1 atom stereocenters. The molecule has 1 aliphatic rings. The number of hydrogen-bond donors (Lipinski definition) is 1. The Morgan fingerprint density at radius 2 is 2.06 bits per heavy atom. The maximum atomic E-state index is 3.61. The van der Waals surface area contributed by atoms with E-state index in [0.29, 0.717) is 5.92 Å². The first-order valence-corrected chi connectivity index (χ1v) is 7.08. The minimum absolute atomic E-state index is 0.691. The van der Waals surface area contributed by atoms with Crippen LogP contribution in [-0.4, -0.2) is 26.2 Å². The standard InChI is InChI=1S/C16H26N2/c1-12-5-8-16(14(3)9-12)18(4)11-13(2)10-17-15-6-7-15/h5,8-9,13,15,17H,6-7,10-11H2,1-4H3. The second-order valence-corrected chi connectivity index (χ2v) is 5.96. The SMILES string of the molecule is Cc1ccc(N(C)CC(C)CNC2CC2)c(C)c1. The van der Waals surface area contributed by atoms with Gasteiger partial charge in [0.1, 0.15) is 0 Å². The molecule has 100 valence electrons. The van der Waals surface area contributed by atoms with Gasteiger partial charge in [-0.05, 0) is 50.8 Å². The molecule has 0 heterocycles. The number of nitrogens with one attached hydrogen (secondary N) is 1. The molecule has 0 amide bonds. The van der Waals surface area contributed by atoms with Gasteiger partial charge in [-0.2, -0.15) is 0 Å². The summed E-state index contributed by atoms with van der Waals surface area (Å²) >= 11 is 0. The molecule has 0 aromatic heterocycles. The van der Waals surface area contributed by atoms with Crippen molar-refractivity contribution in [3.05, 3.63) is 29.3 Å². The van der Waals surface area contributed by atoms with E-state index in [1.165, 1.54) is 29.7 Å². The monoisotopic (exact) mass is 246 g/mol. The predicted octanol–water partition coefficient (Wildman–Crippen LogP) is 3.13. The molecular weight excluding hydrogens is 220 g/mol.